The molecule has 0 aromatic heterocycles. The van der Waals surface area contributed by atoms with Gasteiger partial charge in [0.05, 0.1) is 6.26 Å². The number of amidine groups is 1. The molecule has 112 valence electrons. The van der Waals surface area contributed by atoms with Crippen molar-refractivity contribution in [2.45, 2.75) is 26.7 Å². The molecule has 0 aliphatic rings. The number of oxime groups is 1. The smallest absolute Gasteiger partial charge is 0.233 e. The third-order valence-electron chi connectivity index (χ3n) is 3.01. The molecule has 0 unspecified atom stereocenters. The summed E-state index contributed by atoms with van der Waals surface area (Å²) >= 11 is 0. The minimum Gasteiger partial charge on any atom is -0.409 e. The van der Waals surface area contributed by atoms with Gasteiger partial charge in [0.2, 0.25) is 15.9 Å². The summed E-state index contributed by atoms with van der Waals surface area (Å²) in [5.74, 6) is -0.533. The van der Waals surface area contributed by atoms with Crippen LogP contribution in [0.2, 0.25) is 0 Å². The van der Waals surface area contributed by atoms with E-state index >= 15 is 0 Å². The van der Waals surface area contributed by atoms with E-state index in [0.717, 1.165) is 6.26 Å². The number of carbonyl (C=O) groups excluding carboxylic acids is 1. The second-order valence-corrected chi connectivity index (χ2v) is 6.03. The number of nitrogens with two attached hydrogens (primary N) is 1. The molecule has 0 rings (SSSR count). The normalized spacial score (nSPS) is 13.3. The van der Waals surface area contributed by atoms with E-state index in [9.17, 15) is 13.2 Å². The zero-order valence-electron chi connectivity index (χ0n) is 11.4. The van der Waals surface area contributed by atoms with Crippen molar-refractivity contribution in [3.05, 3.63) is 0 Å². The largest absolute Gasteiger partial charge is 0.409 e. The Bertz CT molecular complexity index is 429. The van der Waals surface area contributed by atoms with Crippen LogP contribution in [0.1, 0.15) is 26.7 Å². The molecule has 0 fully saturated rings. The van der Waals surface area contributed by atoms with Crippen LogP contribution in [0.5, 0.6) is 0 Å². The fourth-order valence-electron chi connectivity index (χ4n) is 1.73. The van der Waals surface area contributed by atoms with Crippen molar-refractivity contribution in [3.63, 3.8) is 0 Å². The first-order valence-corrected chi connectivity index (χ1v) is 7.83. The number of rotatable bonds is 8. The van der Waals surface area contributed by atoms with Gasteiger partial charge in [0, 0.05) is 13.1 Å². The van der Waals surface area contributed by atoms with E-state index < -0.39 is 15.4 Å². The van der Waals surface area contributed by atoms with Crippen molar-refractivity contribution >= 4 is 21.8 Å². The molecule has 0 atom stereocenters. The quantitative estimate of drug-likeness (QED) is 0.153. The molecule has 0 aromatic rings. The Hall–Kier alpha value is -1.35. The maximum absolute atomic E-state index is 12.1. The van der Waals surface area contributed by atoms with Gasteiger partial charge in [-0.25, -0.2) is 13.1 Å². The summed E-state index contributed by atoms with van der Waals surface area (Å²) in [4.78, 5) is 12.1. The van der Waals surface area contributed by atoms with Crippen molar-refractivity contribution in [3.8, 4) is 0 Å². The Morgan fingerprint density at radius 1 is 1.32 bits per heavy atom. The molecule has 0 aliphatic heterocycles. The topological polar surface area (TPSA) is 134 Å². The van der Waals surface area contributed by atoms with Crippen molar-refractivity contribution in [2.75, 3.05) is 19.3 Å². The van der Waals surface area contributed by atoms with Crippen molar-refractivity contribution < 1.29 is 18.4 Å². The van der Waals surface area contributed by atoms with Gasteiger partial charge in [-0.2, -0.15) is 0 Å². The van der Waals surface area contributed by atoms with Gasteiger partial charge >= 0.3 is 0 Å². The Kier molecular flexibility index (Phi) is 6.77. The van der Waals surface area contributed by atoms with Gasteiger partial charge in [-0.05, 0) is 12.8 Å². The first-order valence-electron chi connectivity index (χ1n) is 5.94. The average Bonchev–Trinajstić information content (AvgIpc) is 2.35. The molecule has 0 spiro atoms. The van der Waals surface area contributed by atoms with Crippen LogP contribution in [-0.2, 0) is 14.8 Å². The minimum absolute atomic E-state index is 0.0876. The van der Waals surface area contributed by atoms with Gasteiger partial charge in [-0.15, -0.1) is 0 Å². The average molecular weight is 294 g/mol. The Morgan fingerprint density at radius 2 is 1.84 bits per heavy atom. The highest BCUT2D eigenvalue weighted by molar-refractivity contribution is 7.88. The third-order valence-corrected chi connectivity index (χ3v) is 3.74. The van der Waals surface area contributed by atoms with Gasteiger partial charge in [0.1, 0.15) is 5.41 Å². The molecule has 8 nitrogen and oxygen atoms in total. The second kappa shape index (κ2) is 7.29. The molecule has 0 saturated carbocycles. The van der Waals surface area contributed by atoms with E-state index in [1.54, 1.807) is 13.8 Å². The predicted molar refractivity (Wildman–Crippen MR) is 72.3 cm³/mol. The Balaban J connectivity index is 4.60. The highest BCUT2D eigenvalue weighted by Gasteiger charge is 2.39. The lowest BCUT2D eigenvalue weighted by Crippen LogP contribution is -2.50. The molecular formula is C10H22N4O4S. The summed E-state index contributed by atoms with van der Waals surface area (Å²) in [6, 6.07) is 0. The molecule has 0 aromatic carbocycles. The zero-order chi connectivity index (χ0) is 15.1. The first kappa shape index (κ1) is 17.6. The molecule has 0 aliphatic carbocycles. The highest BCUT2D eigenvalue weighted by Crippen LogP contribution is 2.26. The fraction of sp³-hybridized carbons (Fsp3) is 0.800. The van der Waals surface area contributed by atoms with Gasteiger partial charge in [0.25, 0.3) is 0 Å². The number of hydrogen-bond acceptors (Lipinski definition) is 5. The lowest BCUT2D eigenvalue weighted by molar-refractivity contribution is -0.127. The van der Waals surface area contributed by atoms with E-state index in [-0.39, 0.29) is 24.8 Å². The van der Waals surface area contributed by atoms with E-state index in [2.05, 4.69) is 15.2 Å². The number of nitrogens with one attached hydrogen (secondary N) is 2. The van der Waals surface area contributed by atoms with E-state index in [4.69, 9.17) is 10.9 Å². The van der Waals surface area contributed by atoms with Crippen LogP contribution in [0.3, 0.4) is 0 Å². The first-order chi connectivity index (χ1) is 8.73. The van der Waals surface area contributed by atoms with Crippen LogP contribution in [0, 0.1) is 5.41 Å². The van der Waals surface area contributed by atoms with E-state index in [0.29, 0.717) is 12.8 Å². The monoisotopic (exact) mass is 294 g/mol. The zero-order valence-corrected chi connectivity index (χ0v) is 12.2. The molecule has 0 saturated heterocycles. The lowest BCUT2D eigenvalue weighted by Gasteiger charge is -2.28. The van der Waals surface area contributed by atoms with Crippen LogP contribution in [0.25, 0.3) is 0 Å². The number of sulfonamides is 1. The van der Waals surface area contributed by atoms with Gasteiger partial charge in [0.15, 0.2) is 5.84 Å². The van der Waals surface area contributed by atoms with Crippen molar-refractivity contribution in [1.82, 2.24) is 10.0 Å². The Labute approximate surface area is 113 Å². The summed E-state index contributed by atoms with van der Waals surface area (Å²) in [6.45, 7) is 3.74. The maximum atomic E-state index is 12.1. The Morgan fingerprint density at radius 3 is 2.21 bits per heavy atom. The summed E-state index contributed by atoms with van der Waals surface area (Å²) < 4.78 is 23.9. The lowest BCUT2D eigenvalue weighted by atomic mass is 9.80. The fourth-order valence-corrected chi connectivity index (χ4v) is 2.20. The minimum atomic E-state index is -3.28. The third kappa shape index (κ3) is 5.03. The number of carbonyl (C=O) groups is 1. The van der Waals surface area contributed by atoms with Crippen molar-refractivity contribution in [1.29, 1.82) is 0 Å². The molecule has 0 bridgehead atoms. The molecule has 0 heterocycles. The number of hydrogen-bond donors (Lipinski definition) is 4. The van der Waals surface area contributed by atoms with E-state index in [1.807, 2.05) is 0 Å². The van der Waals surface area contributed by atoms with Crippen LogP contribution in [0.15, 0.2) is 5.16 Å². The second-order valence-electron chi connectivity index (χ2n) is 4.20. The molecule has 5 N–H and O–H groups in total. The van der Waals surface area contributed by atoms with Crippen LogP contribution in [0.4, 0.5) is 0 Å². The molecule has 0 radical (unpaired) electrons. The highest BCUT2D eigenvalue weighted by atomic mass is 32.2. The predicted octanol–water partition coefficient (Wildman–Crippen LogP) is -0.795. The maximum Gasteiger partial charge on any atom is 0.233 e. The van der Waals surface area contributed by atoms with Crippen LogP contribution >= 0.6 is 0 Å². The van der Waals surface area contributed by atoms with Crippen molar-refractivity contribution in [2.24, 2.45) is 16.3 Å². The molecule has 19 heavy (non-hydrogen) atoms. The number of nitrogens with zero attached hydrogens (tertiary/aromatic N) is 1. The molecule has 1 amide bonds. The van der Waals surface area contributed by atoms with Gasteiger partial charge in [-0.1, -0.05) is 19.0 Å². The SMILES string of the molecule is CCC(CC)(C(=O)NCCNS(C)(=O)=O)C(N)=NO. The molecule has 9 heteroatoms. The standard InChI is InChI=1S/C10H22N4O4S/c1-4-10(5-2,8(11)14-16)9(15)12-6-7-13-19(3,17)18/h13,16H,4-7H2,1-3H3,(H2,11,14)(H,12,15). The van der Waals surface area contributed by atoms with Gasteiger partial charge in [-0.3, -0.25) is 4.79 Å². The van der Waals surface area contributed by atoms with Gasteiger partial charge < -0.3 is 16.3 Å². The van der Waals surface area contributed by atoms with E-state index in [1.165, 1.54) is 0 Å². The summed E-state index contributed by atoms with van der Waals surface area (Å²) in [6.07, 6.45) is 1.79. The van der Waals surface area contributed by atoms with Crippen LogP contribution < -0.4 is 15.8 Å². The summed E-state index contributed by atoms with van der Waals surface area (Å²) in [5, 5.41) is 14.2. The summed E-state index contributed by atoms with van der Waals surface area (Å²) in [7, 11) is -3.28. The summed E-state index contributed by atoms with van der Waals surface area (Å²) in [5.41, 5.74) is 4.51. The molecular weight excluding hydrogens is 272 g/mol. The van der Waals surface area contributed by atoms with Crippen LogP contribution in [-0.4, -0.2) is 44.7 Å². The number of amides is 1.